The highest BCUT2D eigenvalue weighted by Gasteiger charge is 2.06. The molecule has 1 N–H and O–H groups in total. The molecule has 0 saturated carbocycles. The minimum Gasteiger partial charge on any atom is -0.462 e. The standard InChI is InChI=1S/C13H16FNO3/c1-10(16)15-9-11-3-5-12(6-4-11)13(17)18-8-2-7-14/h3-6H,2,7-9H2,1H3,(H,15,16). The molecule has 18 heavy (non-hydrogen) atoms. The number of alkyl halides is 1. The Morgan fingerprint density at radius 1 is 1.28 bits per heavy atom. The van der Waals surface area contributed by atoms with E-state index in [9.17, 15) is 14.0 Å². The summed E-state index contributed by atoms with van der Waals surface area (Å²) in [5, 5.41) is 2.66. The zero-order valence-electron chi connectivity index (χ0n) is 10.2. The third-order valence-corrected chi connectivity index (χ3v) is 2.24. The first-order chi connectivity index (χ1) is 8.63. The third-order valence-electron chi connectivity index (χ3n) is 2.24. The zero-order chi connectivity index (χ0) is 13.4. The number of hydrogen-bond acceptors (Lipinski definition) is 3. The van der Waals surface area contributed by atoms with Crippen LogP contribution in [0.1, 0.15) is 29.3 Å². The number of halogens is 1. The van der Waals surface area contributed by atoms with Gasteiger partial charge in [-0.3, -0.25) is 9.18 Å². The van der Waals surface area contributed by atoms with Crippen LogP contribution >= 0.6 is 0 Å². The number of amides is 1. The molecule has 0 aromatic heterocycles. The number of rotatable bonds is 6. The lowest BCUT2D eigenvalue weighted by Gasteiger charge is -2.05. The van der Waals surface area contributed by atoms with Crippen molar-refractivity contribution in [1.29, 1.82) is 0 Å². The molecule has 1 rings (SSSR count). The first-order valence-corrected chi connectivity index (χ1v) is 5.70. The lowest BCUT2D eigenvalue weighted by atomic mass is 10.1. The van der Waals surface area contributed by atoms with Gasteiger partial charge in [0.1, 0.15) is 0 Å². The molecule has 0 aliphatic carbocycles. The van der Waals surface area contributed by atoms with Gasteiger partial charge in [0.2, 0.25) is 5.91 Å². The molecule has 1 aromatic rings. The van der Waals surface area contributed by atoms with Crippen LogP contribution in [0.3, 0.4) is 0 Å². The fourth-order valence-corrected chi connectivity index (χ4v) is 1.29. The minimum absolute atomic E-state index is 0.0863. The summed E-state index contributed by atoms with van der Waals surface area (Å²) in [6, 6.07) is 6.72. The summed E-state index contributed by atoms with van der Waals surface area (Å²) >= 11 is 0. The molecule has 0 radical (unpaired) electrons. The molecule has 0 atom stereocenters. The highest BCUT2D eigenvalue weighted by atomic mass is 19.1. The van der Waals surface area contributed by atoms with Crippen LogP contribution in [-0.2, 0) is 16.1 Å². The molecule has 0 aliphatic heterocycles. The van der Waals surface area contributed by atoms with Gasteiger partial charge in [0.15, 0.2) is 0 Å². The van der Waals surface area contributed by atoms with Gasteiger partial charge < -0.3 is 10.1 Å². The average Bonchev–Trinajstić information content (AvgIpc) is 2.37. The monoisotopic (exact) mass is 253 g/mol. The van der Waals surface area contributed by atoms with Gasteiger partial charge >= 0.3 is 5.97 Å². The molecule has 0 fully saturated rings. The lowest BCUT2D eigenvalue weighted by molar-refractivity contribution is -0.119. The van der Waals surface area contributed by atoms with Crippen LogP contribution in [-0.4, -0.2) is 25.2 Å². The van der Waals surface area contributed by atoms with Gasteiger partial charge in [-0.2, -0.15) is 0 Å². The minimum atomic E-state index is -0.497. The summed E-state index contributed by atoms with van der Waals surface area (Å²) in [7, 11) is 0. The Balaban J connectivity index is 2.48. The Hall–Kier alpha value is -1.91. The van der Waals surface area contributed by atoms with E-state index in [1.54, 1.807) is 24.3 Å². The van der Waals surface area contributed by atoms with Crippen LogP contribution in [0.15, 0.2) is 24.3 Å². The number of hydrogen-bond donors (Lipinski definition) is 1. The zero-order valence-corrected chi connectivity index (χ0v) is 10.2. The lowest BCUT2D eigenvalue weighted by Crippen LogP contribution is -2.18. The van der Waals surface area contributed by atoms with E-state index in [2.05, 4.69) is 5.32 Å². The second-order valence-electron chi connectivity index (χ2n) is 3.79. The molecule has 98 valence electrons. The average molecular weight is 253 g/mol. The summed E-state index contributed by atoms with van der Waals surface area (Å²) in [6.07, 6.45) is 0.215. The van der Waals surface area contributed by atoms with Gasteiger partial charge in [-0.1, -0.05) is 12.1 Å². The van der Waals surface area contributed by atoms with E-state index in [1.807, 2.05) is 0 Å². The van der Waals surface area contributed by atoms with Crippen molar-refractivity contribution in [2.24, 2.45) is 0 Å². The molecular formula is C13H16FNO3. The molecular weight excluding hydrogens is 237 g/mol. The number of carbonyl (C=O) groups is 2. The number of carbonyl (C=O) groups excluding carboxylic acids is 2. The molecule has 1 amide bonds. The van der Waals surface area contributed by atoms with Crippen molar-refractivity contribution < 1.29 is 18.7 Å². The first kappa shape index (κ1) is 14.2. The second-order valence-corrected chi connectivity index (χ2v) is 3.79. The molecule has 0 aliphatic rings. The predicted octanol–water partition coefficient (Wildman–Crippen LogP) is 1.84. The van der Waals surface area contributed by atoms with Gasteiger partial charge in [0, 0.05) is 19.9 Å². The van der Waals surface area contributed by atoms with Gasteiger partial charge in [0.05, 0.1) is 18.8 Å². The molecule has 0 bridgehead atoms. The van der Waals surface area contributed by atoms with Gasteiger partial charge in [-0.25, -0.2) is 4.79 Å². The van der Waals surface area contributed by atoms with E-state index in [-0.39, 0.29) is 18.9 Å². The van der Waals surface area contributed by atoms with E-state index in [0.29, 0.717) is 12.1 Å². The SMILES string of the molecule is CC(=O)NCc1ccc(C(=O)OCCCF)cc1. The van der Waals surface area contributed by atoms with Gasteiger partial charge in [0.25, 0.3) is 0 Å². The van der Waals surface area contributed by atoms with Crippen molar-refractivity contribution in [2.45, 2.75) is 19.9 Å². The number of ether oxygens (including phenoxy) is 1. The van der Waals surface area contributed by atoms with Crippen molar-refractivity contribution in [2.75, 3.05) is 13.3 Å². The van der Waals surface area contributed by atoms with E-state index in [1.165, 1.54) is 6.92 Å². The van der Waals surface area contributed by atoms with Crippen molar-refractivity contribution in [3.05, 3.63) is 35.4 Å². The number of nitrogens with one attached hydrogen (secondary N) is 1. The van der Waals surface area contributed by atoms with Crippen LogP contribution in [0.4, 0.5) is 4.39 Å². The molecule has 0 heterocycles. The van der Waals surface area contributed by atoms with Crippen molar-refractivity contribution >= 4 is 11.9 Å². The Morgan fingerprint density at radius 3 is 2.50 bits per heavy atom. The van der Waals surface area contributed by atoms with E-state index >= 15 is 0 Å². The highest BCUT2D eigenvalue weighted by molar-refractivity contribution is 5.89. The Bertz CT molecular complexity index is 403. The molecule has 4 nitrogen and oxygen atoms in total. The predicted molar refractivity (Wildman–Crippen MR) is 64.8 cm³/mol. The smallest absolute Gasteiger partial charge is 0.338 e. The maximum atomic E-state index is 11.8. The fraction of sp³-hybridized carbons (Fsp3) is 0.385. The van der Waals surface area contributed by atoms with E-state index < -0.39 is 12.6 Å². The summed E-state index contributed by atoms with van der Waals surface area (Å²) in [4.78, 5) is 22.2. The Labute approximate surface area is 105 Å². The van der Waals surface area contributed by atoms with E-state index in [0.717, 1.165) is 5.56 Å². The van der Waals surface area contributed by atoms with Gasteiger partial charge in [-0.05, 0) is 17.7 Å². The molecule has 0 saturated heterocycles. The van der Waals surface area contributed by atoms with Crippen LogP contribution in [0.2, 0.25) is 0 Å². The highest BCUT2D eigenvalue weighted by Crippen LogP contribution is 2.06. The first-order valence-electron chi connectivity index (χ1n) is 5.70. The summed E-state index contributed by atoms with van der Waals surface area (Å²) in [5.74, 6) is -0.570. The van der Waals surface area contributed by atoms with Crippen molar-refractivity contribution in [3.8, 4) is 0 Å². The number of esters is 1. The molecule has 5 heteroatoms. The Morgan fingerprint density at radius 2 is 1.94 bits per heavy atom. The summed E-state index contributed by atoms with van der Waals surface area (Å²) in [6.45, 7) is 1.45. The molecule has 1 aromatic carbocycles. The maximum Gasteiger partial charge on any atom is 0.338 e. The quantitative estimate of drug-likeness (QED) is 0.621. The topological polar surface area (TPSA) is 55.4 Å². The summed E-state index contributed by atoms with van der Waals surface area (Å²) in [5.41, 5.74) is 1.31. The second kappa shape index (κ2) is 7.42. The largest absolute Gasteiger partial charge is 0.462 e. The summed E-state index contributed by atoms with van der Waals surface area (Å²) < 4.78 is 16.7. The Kier molecular flexibility index (Phi) is 5.84. The fourth-order valence-electron chi connectivity index (χ4n) is 1.29. The molecule has 0 unspecified atom stereocenters. The van der Waals surface area contributed by atoms with Crippen LogP contribution in [0, 0.1) is 0 Å². The van der Waals surface area contributed by atoms with Crippen LogP contribution < -0.4 is 5.32 Å². The maximum absolute atomic E-state index is 11.8. The third kappa shape index (κ3) is 4.95. The van der Waals surface area contributed by atoms with Crippen molar-refractivity contribution in [3.63, 3.8) is 0 Å². The van der Waals surface area contributed by atoms with Crippen LogP contribution in [0.25, 0.3) is 0 Å². The number of benzene rings is 1. The van der Waals surface area contributed by atoms with Crippen LogP contribution in [0.5, 0.6) is 0 Å². The molecule has 0 spiro atoms. The van der Waals surface area contributed by atoms with E-state index in [4.69, 9.17) is 4.74 Å². The van der Waals surface area contributed by atoms with Gasteiger partial charge in [-0.15, -0.1) is 0 Å². The van der Waals surface area contributed by atoms with Crippen molar-refractivity contribution in [1.82, 2.24) is 5.32 Å². The normalized spacial score (nSPS) is 9.89.